The Morgan fingerprint density at radius 2 is 2.11 bits per heavy atom. The summed E-state index contributed by atoms with van der Waals surface area (Å²) in [4.78, 5) is 21.3. The van der Waals surface area contributed by atoms with Gasteiger partial charge in [0.1, 0.15) is 11.3 Å². The van der Waals surface area contributed by atoms with Crippen molar-refractivity contribution in [2.45, 2.75) is 26.3 Å². The number of nitrogens with one attached hydrogen (secondary N) is 2. The van der Waals surface area contributed by atoms with Crippen molar-refractivity contribution in [1.29, 1.82) is 0 Å². The standard InChI is InChI=1S/C20H18ClN5O2/c1-11(19-23-12(2)25-26-19)22-20(27)14-6-7-16-17(10-14)28-18(24-16)9-13-4-3-5-15(21)8-13/h3-8,10-11H,9H2,1-2H3,(H,22,27)(H,23,25,26)/t11-/m1/s1. The van der Waals surface area contributed by atoms with Gasteiger partial charge in [0.05, 0.1) is 6.04 Å². The van der Waals surface area contributed by atoms with Gasteiger partial charge >= 0.3 is 0 Å². The first kappa shape index (κ1) is 18.2. The molecular formula is C20H18ClN5O2. The Balaban J connectivity index is 1.51. The second-order valence-corrected chi connectivity index (χ2v) is 7.01. The van der Waals surface area contributed by atoms with Crippen molar-refractivity contribution < 1.29 is 9.21 Å². The van der Waals surface area contributed by atoms with Crippen molar-refractivity contribution in [2.75, 3.05) is 0 Å². The van der Waals surface area contributed by atoms with Gasteiger partial charge < -0.3 is 9.73 Å². The molecule has 1 amide bonds. The van der Waals surface area contributed by atoms with E-state index in [4.69, 9.17) is 16.0 Å². The Kier molecular flexibility index (Phi) is 4.83. The lowest BCUT2D eigenvalue weighted by atomic mass is 10.1. The first-order valence-electron chi connectivity index (χ1n) is 8.81. The smallest absolute Gasteiger partial charge is 0.251 e. The normalized spacial score (nSPS) is 12.2. The number of hydrogen-bond donors (Lipinski definition) is 2. The zero-order valence-corrected chi connectivity index (χ0v) is 16.1. The third-order valence-electron chi connectivity index (χ3n) is 4.29. The number of hydrogen-bond acceptors (Lipinski definition) is 5. The average Bonchev–Trinajstić information content (AvgIpc) is 3.26. The highest BCUT2D eigenvalue weighted by molar-refractivity contribution is 6.30. The lowest BCUT2D eigenvalue weighted by Crippen LogP contribution is -2.27. The van der Waals surface area contributed by atoms with E-state index in [9.17, 15) is 4.79 Å². The van der Waals surface area contributed by atoms with Crippen LogP contribution in [0.4, 0.5) is 0 Å². The zero-order chi connectivity index (χ0) is 19.7. The summed E-state index contributed by atoms with van der Waals surface area (Å²) in [6.07, 6.45) is 0.526. The number of halogens is 1. The molecule has 4 rings (SSSR count). The van der Waals surface area contributed by atoms with Gasteiger partial charge in [-0.2, -0.15) is 5.10 Å². The minimum atomic E-state index is -0.318. The highest BCUT2D eigenvalue weighted by atomic mass is 35.5. The molecule has 2 aromatic carbocycles. The summed E-state index contributed by atoms with van der Waals surface area (Å²) in [5, 5.41) is 10.4. The number of rotatable bonds is 5. The van der Waals surface area contributed by atoms with Gasteiger partial charge in [0.15, 0.2) is 17.3 Å². The van der Waals surface area contributed by atoms with Crippen molar-refractivity contribution in [3.8, 4) is 0 Å². The molecule has 7 nitrogen and oxygen atoms in total. The molecule has 2 N–H and O–H groups in total. The van der Waals surface area contributed by atoms with E-state index in [1.165, 1.54) is 0 Å². The third-order valence-corrected chi connectivity index (χ3v) is 4.52. The summed E-state index contributed by atoms with van der Waals surface area (Å²) in [5.74, 6) is 1.57. The molecular weight excluding hydrogens is 378 g/mol. The lowest BCUT2D eigenvalue weighted by molar-refractivity contribution is 0.0938. The first-order chi connectivity index (χ1) is 13.5. The van der Waals surface area contributed by atoms with Gasteiger partial charge in [-0.1, -0.05) is 23.7 Å². The van der Waals surface area contributed by atoms with E-state index < -0.39 is 0 Å². The Bertz CT molecular complexity index is 1150. The summed E-state index contributed by atoms with van der Waals surface area (Å²) in [6.45, 7) is 3.64. The Morgan fingerprint density at radius 3 is 2.86 bits per heavy atom. The lowest BCUT2D eigenvalue weighted by Gasteiger charge is -2.10. The molecule has 2 aromatic heterocycles. The molecule has 0 aliphatic heterocycles. The number of benzene rings is 2. The van der Waals surface area contributed by atoms with Crippen molar-refractivity contribution in [2.24, 2.45) is 0 Å². The predicted octanol–water partition coefficient (Wildman–Crippen LogP) is 3.99. The number of aromatic amines is 1. The summed E-state index contributed by atoms with van der Waals surface area (Å²) < 4.78 is 5.83. The molecule has 2 heterocycles. The maximum absolute atomic E-state index is 12.6. The molecule has 142 valence electrons. The largest absolute Gasteiger partial charge is 0.440 e. The zero-order valence-electron chi connectivity index (χ0n) is 15.4. The molecule has 4 aromatic rings. The van der Waals surface area contributed by atoms with E-state index in [2.05, 4.69) is 25.5 Å². The van der Waals surface area contributed by atoms with Gasteiger partial charge in [0.2, 0.25) is 0 Å². The number of carbonyl (C=O) groups excluding carboxylic acids is 1. The van der Waals surface area contributed by atoms with Crippen LogP contribution in [0.25, 0.3) is 11.1 Å². The summed E-state index contributed by atoms with van der Waals surface area (Å²) in [5.41, 5.74) is 2.75. The number of amides is 1. The van der Waals surface area contributed by atoms with E-state index >= 15 is 0 Å². The fourth-order valence-electron chi connectivity index (χ4n) is 2.91. The molecule has 0 aliphatic carbocycles. The molecule has 0 spiro atoms. The minimum absolute atomic E-state index is 0.232. The third kappa shape index (κ3) is 3.89. The van der Waals surface area contributed by atoms with Crippen LogP contribution >= 0.6 is 11.6 Å². The number of nitrogens with zero attached hydrogens (tertiary/aromatic N) is 3. The Hall–Kier alpha value is -3.19. The number of oxazole rings is 1. The quantitative estimate of drug-likeness (QED) is 0.532. The van der Waals surface area contributed by atoms with Crippen LogP contribution in [0.15, 0.2) is 46.9 Å². The minimum Gasteiger partial charge on any atom is -0.440 e. The fourth-order valence-corrected chi connectivity index (χ4v) is 3.12. The molecule has 1 atom stereocenters. The topological polar surface area (TPSA) is 96.7 Å². The van der Waals surface area contributed by atoms with Crippen molar-refractivity contribution in [3.05, 3.63) is 76.2 Å². The van der Waals surface area contributed by atoms with E-state index in [1.807, 2.05) is 38.1 Å². The highest BCUT2D eigenvalue weighted by Crippen LogP contribution is 2.21. The van der Waals surface area contributed by atoms with Crippen LogP contribution < -0.4 is 5.32 Å². The van der Waals surface area contributed by atoms with E-state index in [0.29, 0.717) is 45.6 Å². The number of H-pyrrole nitrogens is 1. The summed E-state index contributed by atoms with van der Waals surface area (Å²) in [7, 11) is 0. The second-order valence-electron chi connectivity index (χ2n) is 6.57. The molecule has 8 heteroatoms. The average molecular weight is 396 g/mol. The molecule has 0 bridgehead atoms. The van der Waals surface area contributed by atoms with E-state index in [-0.39, 0.29) is 11.9 Å². The van der Waals surface area contributed by atoms with Crippen LogP contribution in [0.3, 0.4) is 0 Å². The molecule has 0 radical (unpaired) electrons. The molecule has 0 saturated heterocycles. The second kappa shape index (κ2) is 7.44. The van der Waals surface area contributed by atoms with Crippen LogP contribution in [0.2, 0.25) is 5.02 Å². The van der Waals surface area contributed by atoms with Crippen LogP contribution in [-0.2, 0) is 6.42 Å². The van der Waals surface area contributed by atoms with Crippen molar-refractivity contribution in [3.63, 3.8) is 0 Å². The maximum Gasteiger partial charge on any atom is 0.251 e. The van der Waals surface area contributed by atoms with E-state index in [1.54, 1.807) is 18.2 Å². The summed E-state index contributed by atoms with van der Waals surface area (Å²) in [6, 6.07) is 12.4. The fraction of sp³-hybridized carbons (Fsp3) is 0.200. The number of aryl methyl sites for hydroxylation is 1. The monoisotopic (exact) mass is 395 g/mol. The van der Waals surface area contributed by atoms with Crippen LogP contribution in [0, 0.1) is 6.92 Å². The van der Waals surface area contributed by atoms with Gasteiger partial charge in [0.25, 0.3) is 5.91 Å². The maximum atomic E-state index is 12.6. The molecule has 0 aliphatic rings. The molecule has 0 saturated carbocycles. The van der Waals surface area contributed by atoms with Crippen LogP contribution in [0.5, 0.6) is 0 Å². The van der Waals surface area contributed by atoms with Gasteiger partial charge in [-0.25, -0.2) is 9.97 Å². The number of aromatic nitrogens is 4. The van der Waals surface area contributed by atoms with Crippen molar-refractivity contribution >= 4 is 28.6 Å². The first-order valence-corrected chi connectivity index (χ1v) is 9.19. The van der Waals surface area contributed by atoms with Crippen LogP contribution in [-0.4, -0.2) is 26.1 Å². The van der Waals surface area contributed by atoms with Crippen molar-refractivity contribution in [1.82, 2.24) is 25.5 Å². The van der Waals surface area contributed by atoms with Gasteiger partial charge in [-0.05, 0) is 49.7 Å². The summed E-state index contributed by atoms with van der Waals surface area (Å²) >= 11 is 6.03. The van der Waals surface area contributed by atoms with Gasteiger partial charge in [0, 0.05) is 17.0 Å². The van der Waals surface area contributed by atoms with Gasteiger partial charge in [-0.15, -0.1) is 0 Å². The van der Waals surface area contributed by atoms with Gasteiger partial charge in [-0.3, -0.25) is 9.89 Å². The highest BCUT2D eigenvalue weighted by Gasteiger charge is 2.16. The number of carbonyl (C=O) groups is 1. The van der Waals surface area contributed by atoms with Crippen LogP contribution in [0.1, 0.15) is 46.4 Å². The molecule has 0 fully saturated rings. The molecule has 0 unspecified atom stereocenters. The Labute approximate surface area is 166 Å². The Morgan fingerprint density at radius 1 is 1.25 bits per heavy atom. The predicted molar refractivity (Wildman–Crippen MR) is 105 cm³/mol. The SMILES string of the molecule is Cc1nc([C@@H](C)NC(=O)c2ccc3nc(Cc4cccc(Cl)c4)oc3c2)n[nH]1. The molecule has 28 heavy (non-hydrogen) atoms. The van der Waals surface area contributed by atoms with E-state index in [0.717, 1.165) is 5.56 Å². The number of fused-ring (bicyclic) bond motifs is 1.